The van der Waals surface area contributed by atoms with Crippen molar-refractivity contribution in [2.24, 2.45) is 0 Å². The summed E-state index contributed by atoms with van der Waals surface area (Å²) in [5, 5.41) is 0. The highest BCUT2D eigenvalue weighted by Gasteiger charge is 2.23. The maximum absolute atomic E-state index is 12.7. The smallest absolute Gasteiger partial charge is 0.253 e. The summed E-state index contributed by atoms with van der Waals surface area (Å²) >= 11 is 0. The van der Waals surface area contributed by atoms with Crippen molar-refractivity contribution >= 4 is 28.0 Å². The second kappa shape index (κ2) is 8.65. The molecule has 0 aromatic heterocycles. The number of amides is 2. The van der Waals surface area contributed by atoms with Crippen LogP contribution in [-0.2, 0) is 21.4 Å². The van der Waals surface area contributed by atoms with Crippen LogP contribution in [-0.4, -0.2) is 63.0 Å². The van der Waals surface area contributed by atoms with Gasteiger partial charge in [0.25, 0.3) is 5.91 Å². The molecule has 0 bridgehead atoms. The molecule has 2 aromatic carbocycles. The van der Waals surface area contributed by atoms with E-state index in [9.17, 15) is 18.0 Å². The molecule has 0 aliphatic carbocycles. The highest BCUT2D eigenvalue weighted by Crippen LogP contribution is 2.23. The van der Waals surface area contributed by atoms with Crippen molar-refractivity contribution in [2.45, 2.75) is 13.5 Å². The Morgan fingerprint density at radius 2 is 1.66 bits per heavy atom. The zero-order chi connectivity index (χ0) is 21.0. The number of hydrogen-bond acceptors (Lipinski definition) is 4. The molecule has 8 heteroatoms. The number of piperazine rings is 1. The minimum Gasteiger partial charge on any atom is -0.342 e. The van der Waals surface area contributed by atoms with Gasteiger partial charge in [-0.25, -0.2) is 8.42 Å². The number of anilines is 1. The monoisotopic (exact) mass is 415 g/mol. The number of nitrogens with zero attached hydrogens (tertiary/aromatic N) is 3. The zero-order valence-electron chi connectivity index (χ0n) is 16.6. The fraction of sp³-hybridized carbons (Fsp3) is 0.333. The van der Waals surface area contributed by atoms with Gasteiger partial charge < -0.3 is 9.80 Å². The zero-order valence-corrected chi connectivity index (χ0v) is 17.4. The lowest BCUT2D eigenvalue weighted by atomic mass is 10.1. The van der Waals surface area contributed by atoms with Gasteiger partial charge in [0, 0.05) is 31.7 Å². The molecule has 1 aliphatic heterocycles. The molecule has 1 heterocycles. The summed E-state index contributed by atoms with van der Waals surface area (Å²) < 4.78 is 26.1. The molecule has 0 N–H and O–H groups in total. The molecule has 1 aliphatic rings. The lowest BCUT2D eigenvalue weighted by molar-refractivity contribution is -0.119. The van der Waals surface area contributed by atoms with Crippen molar-refractivity contribution in [1.29, 1.82) is 0 Å². The second-order valence-electron chi connectivity index (χ2n) is 7.18. The van der Waals surface area contributed by atoms with Gasteiger partial charge in [0.2, 0.25) is 16.4 Å². The van der Waals surface area contributed by atoms with E-state index in [4.69, 9.17) is 0 Å². The molecule has 0 saturated carbocycles. The third kappa shape index (κ3) is 4.95. The summed E-state index contributed by atoms with van der Waals surface area (Å²) in [4.78, 5) is 26.9. The Balaban J connectivity index is 1.78. The van der Waals surface area contributed by atoms with Crippen LogP contribution in [0, 0.1) is 6.92 Å². The van der Waals surface area contributed by atoms with Gasteiger partial charge in [-0.15, -0.1) is 0 Å². The van der Waals surface area contributed by atoms with Crippen molar-refractivity contribution in [3.05, 3.63) is 65.2 Å². The number of carbonyl (C=O) groups is 2. The Hall–Kier alpha value is -2.87. The second-order valence-corrected chi connectivity index (χ2v) is 9.08. The number of sulfonamides is 1. The molecule has 2 amide bonds. The molecular weight excluding hydrogens is 390 g/mol. The van der Waals surface area contributed by atoms with Crippen molar-refractivity contribution in [2.75, 3.05) is 36.7 Å². The molecular formula is C21H25N3O4S. The molecule has 0 radical (unpaired) electrons. The van der Waals surface area contributed by atoms with Gasteiger partial charge in [-0.05, 0) is 42.3 Å². The summed E-state index contributed by atoms with van der Waals surface area (Å²) in [6, 6.07) is 14.3. The first kappa shape index (κ1) is 20.9. The van der Waals surface area contributed by atoms with E-state index in [0.717, 1.165) is 17.5 Å². The van der Waals surface area contributed by atoms with Gasteiger partial charge in [-0.1, -0.05) is 24.3 Å². The predicted molar refractivity (Wildman–Crippen MR) is 112 cm³/mol. The van der Waals surface area contributed by atoms with Gasteiger partial charge in [-0.2, -0.15) is 0 Å². The Morgan fingerprint density at radius 3 is 2.21 bits per heavy atom. The number of rotatable bonds is 6. The van der Waals surface area contributed by atoms with E-state index in [1.165, 1.54) is 10.6 Å². The Morgan fingerprint density at radius 1 is 1.03 bits per heavy atom. The van der Waals surface area contributed by atoms with Crippen LogP contribution in [0.5, 0.6) is 0 Å². The van der Waals surface area contributed by atoms with Crippen LogP contribution >= 0.6 is 0 Å². The van der Waals surface area contributed by atoms with Crippen LogP contribution in [0.2, 0.25) is 0 Å². The minimum atomic E-state index is -3.50. The maximum atomic E-state index is 12.7. The summed E-state index contributed by atoms with van der Waals surface area (Å²) in [6.07, 6.45) is 1.97. The highest BCUT2D eigenvalue weighted by molar-refractivity contribution is 7.92. The fourth-order valence-electron chi connectivity index (χ4n) is 3.33. The van der Waals surface area contributed by atoms with E-state index in [1.54, 1.807) is 34.1 Å². The molecule has 154 valence electrons. The van der Waals surface area contributed by atoms with Gasteiger partial charge in [-0.3, -0.25) is 13.9 Å². The summed E-state index contributed by atoms with van der Waals surface area (Å²) in [5.41, 5.74) is 2.95. The predicted octanol–water partition coefficient (Wildman–Crippen LogP) is 1.88. The van der Waals surface area contributed by atoms with Crippen molar-refractivity contribution in [3.8, 4) is 0 Å². The third-order valence-corrected chi connectivity index (χ3v) is 6.27. The molecule has 0 unspecified atom stereocenters. The number of carbonyl (C=O) groups excluding carboxylic acids is 2. The van der Waals surface area contributed by atoms with Crippen LogP contribution in [0.15, 0.2) is 48.5 Å². The van der Waals surface area contributed by atoms with E-state index in [1.807, 2.05) is 31.2 Å². The molecule has 7 nitrogen and oxygen atoms in total. The van der Waals surface area contributed by atoms with Gasteiger partial charge in [0.15, 0.2) is 0 Å². The highest BCUT2D eigenvalue weighted by atomic mass is 32.2. The molecule has 29 heavy (non-hydrogen) atoms. The number of benzene rings is 2. The summed E-state index contributed by atoms with van der Waals surface area (Å²) in [6.45, 7) is 4.19. The maximum Gasteiger partial charge on any atom is 0.253 e. The Kier molecular flexibility index (Phi) is 6.22. The average molecular weight is 416 g/mol. The Labute approximate surface area is 171 Å². The van der Waals surface area contributed by atoms with Crippen molar-refractivity contribution in [1.82, 2.24) is 9.80 Å². The molecule has 3 rings (SSSR count). The van der Waals surface area contributed by atoms with Crippen LogP contribution in [0.3, 0.4) is 0 Å². The first-order chi connectivity index (χ1) is 13.8. The van der Waals surface area contributed by atoms with Crippen LogP contribution in [0.1, 0.15) is 21.5 Å². The van der Waals surface area contributed by atoms with E-state index in [2.05, 4.69) is 0 Å². The largest absolute Gasteiger partial charge is 0.342 e. The standard InChI is InChI=1S/C21H25N3O4S/c1-17-5-3-4-6-19(17)15-24(29(2,27)28)20-9-7-18(8-10-20)21(26)23-13-11-22(16-25)12-14-23/h3-10,16H,11-15H2,1-2H3. The molecule has 2 aromatic rings. The lowest BCUT2D eigenvalue weighted by Crippen LogP contribution is -2.48. The number of aryl methyl sites for hydroxylation is 1. The molecule has 1 fully saturated rings. The van der Waals surface area contributed by atoms with E-state index in [-0.39, 0.29) is 12.5 Å². The average Bonchev–Trinajstić information content (AvgIpc) is 2.72. The van der Waals surface area contributed by atoms with Gasteiger partial charge in [0.05, 0.1) is 18.5 Å². The van der Waals surface area contributed by atoms with Crippen LogP contribution in [0.4, 0.5) is 5.69 Å². The fourth-order valence-corrected chi connectivity index (χ4v) is 4.20. The summed E-state index contributed by atoms with van der Waals surface area (Å²) in [7, 11) is -3.50. The Bertz CT molecular complexity index is 981. The normalized spacial score (nSPS) is 14.6. The molecule has 0 atom stereocenters. The van der Waals surface area contributed by atoms with Crippen molar-refractivity contribution in [3.63, 3.8) is 0 Å². The third-order valence-electron chi connectivity index (χ3n) is 5.13. The molecule has 0 spiro atoms. The topological polar surface area (TPSA) is 78.0 Å². The van der Waals surface area contributed by atoms with Gasteiger partial charge in [0.1, 0.15) is 0 Å². The van der Waals surface area contributed by atoms with E-state index >= 15 is 0 Å². The first-order valence-corrected chi connectivity index (χ1v) is 11.3. The SMILES string of the molecule is Cc1ccccc1CN(c1ccc(C(=O)N2CCN(C=O)CC2)cc1)S(C)(=O)=O. The van der Waals surface area contributed by atoms with E-state index < -0.39 is 10.0 Å². The van der Waals surface area contributed by atoms with Crippen molar-refractivity contribution < 1.29 is 18.0 Å². The van der Waals surface area contributed by atoms with Crippen LogP contribution in [0.25, 0.3) is 0 Å². The quantitative estimate of drug-likeness (QED) is 0.675. The van der Waals surface area contributed by atoms with E-state index in [0.29, 0.717) is 37.4 Å². The lowest BCUT2D eigenvalue weighted by Gasteiger charge is -2.32. The number of hydrogen-bond donors (Lipinski definition) is 0. The van der Waals surface area contributed by atoms with Gasteiger partial charge >= 0.3 is 0 Å². The minimum absolute atomic E-state index is 0.119. The van der Waals surface area contributed by atoms with Crippen LogP contribution < -0.4 is 4.31 Å². The summed E-state index contributed by atoms with van der Waals surface area (Å²) in [5.74, 6) is -0.119. The molecule has 1 saturated heterocycles. The first-order valence-electron chi connectivity index (χ1n) is 9.40.